The van der Waals surface area contributed by atoms with Crippen LogP contribution in [0.15, 0.2) is 76.3 Å². The second-order valence-electron chi connectivity index (χ2n) is 6.13. The molecule has 132 valence electrons. The summed E-state index contributed by atoms with van der Waals surface area (Å²) < 4.78 is 1.26. The minimum atomic E-state index is -0.365. The molecule has 0 aliphatic rings. The fraction of sp³-hybridized carbons (Fsp3) is 0.182. The monoisotopic (exact) mass is 346 g/mol. The maximum atomic E-state index is 12.8. The second kappa shape index (κ2) is 8.30. The van der Waals surface area contributed by atoms with Crippen LogP contribution in [0.3, 0.4) is 0 Å². The first-order valence-corrected chi connectivity index (χ1v) is 8.79. The van der Waals surface area contributed by atoms with E-state index in [1.54, 1.807) is 0 Å². The van der Waals surface area contributed by atoms with Crippen molar-refractivity contribution in [1.29, 1.82) is 0 Å². The van der Waals surface area contributed by atoms with Crippen molar-refractivity contribution >= 4 is 6.08 Å². The average Bonchev–Trinajstić information content (AvgIpc) is 2.66. The van der Waals surface area contributed by atoms with E-state index in [0.29, 0.717) is 24.1 Å². The van der Waals surface area contributed by atoms with E-state index in [0.717, 1.165) is 11.1 Å². The molecule has 26 heavy (non-hydrogen) atoms. The lowest BCUT2D eigenvalue weighted by atomic mass is 10.0. The van der Waals surface area contributed by atoms with E-state index in [2.05, 4.69) is 4.98 Å². The summed E-state index contributed by atoms with van der Waals surface area (Å²) >= 11 is 0. The van der Waals surface area contributed by atoms with Gasteiger partial charge in [-0.2, -0.15) is 0 Å². The SMILES string of the molecule is CCc1c(Cc2ccccc2)[nH]c(=O)n(CC=Cc2ccccc2)c1=O. The van der Waals surface area contributed by atoms with E-state index >= 15 is 0 Å². The summed E-state index contributed by atoms with van der Waals surface area (Å²) in [6.07, 6.45) is 4.88. The zero-order valence-electron chi connectivity index (χ0n) is 14.8. The number of H-pyrrole nitrogens is 1. The van der Waals surface area contributed by atoms with Gasteiger partial charge in [0.15, 0.2) is 0 Å². The number of aromatic amines is 1. The van der Waals surface area contributed by atoms with E-state index in [9.17, 15) is 9.59 Å². The molecule has 0 aliphatic heterocycles. The summed E-state index contributed by atoms with van der Waals surface area (Å²) in [7, 11) is 0. The van der Waals surface area contributed by atoms with Crippen LogP contribution in [0.5, 0.6) is 0 Å². The van der Waals surface area contributed by atoms with Crippen LogP contribution in [0.1, 0.15) is 29.3 Å². The van der Waals surface area contributed by atoms with E-state index in [1.165, 1.54) is 4.57 Å². The zero-order chi connectivity index (χ0) is 18.4. The molecule has 4 nitrogen and oxygen atoms in total. The fourth-order valence-electron chi connectivity index (χ4n) is 3.00. The Bertz CT molecular complexity index is 1000. The Morgan fingerprint density at radius 3 is 2.27 bits per heavy atom. The van der Waals surface area contributed by atoms with Gasteiger partial charge in [0, 0.05) is 24.2 Å². The standard InChI is InChI=1S/C22H22N2O2/c1-2-19-20(16-18-12-7-4-8-13-18)23-22(26)24(21(19)25)15-9-14-17-10-5-3-6-11-17/h3-14H,2,15-16H2,1H3,(H,23,26). The lowest BCUT2D eigenvalue weighted by Crippen LogP contribution is -2.38. The van der Waals surface area contributed by atoms with Crippen molar-refractivity contribution in [3.63, 3.8) is 0 Å². The molecule has 1 heterocycles. The number of hydrogen-bond donors (Lipinski definition) is 1. The smallest absolute Gasteiger partial charge is 0.310 e. The summed E-state index contributed by atoms with van der Waals surface area (Å²) in [5, 5.41) is 0. The number of allylic oxidation sites excluding steroid dienone is 1. The highest BCUT2D eigenvalue weighted by Gasteiger charge is 2.12. The van der Waals surface area contributed by atoms with Crippen molar-refractivity contribution < 1.29 is 0 Å². The number of nitrogens with zero attached hydrogens (tertiary/aromatic N) is 1. The van der Waals surface area contributed by atoms with Gasteiger partial charge in [-0.3, -0.25) is 9.36 Å². The minimum Gasteiger partial charge on any atom is -0.310 e. The Labute approximate surface area is 152 Å². The third-order valence-electron chi connectivity index (χ3n) is 4.35. The fourth-order valence-corrected chi connectivity index (χ4v) is 3.00. The van der Waals surface area contributed by atoms with Gasteiger partial charge in [0.1, 0.15) is 0 Å². The highest BCUT2D eigenvalue weighted by Crippen LogP contribution is 2.09. The van der Waals surface area contributed by atoms with Crippen LogP contribution in [0.25, 0.3) is 6.08 Å². The number of benzene rings is 2. The van der Waals surface area contributed by atoms with Gasteiger partial charge in [0.25, 0.3) is 5.56 Å². The van der Waals surface area contributed by atoms with Crippen LogP contribution in [-0.2, 0) is 19.4 Å². The van der Waals surface area contributed by atoms with Gasteiger partial charge in [-0.25, -0.2) is 4.79 Å². The number of hydrogen-bond acceptors (Lipinski definition) is 2. The Balaban J connectivity index is 1.89. The molecule has 0 aliphatic carbocycles. The normalized spacial score (nSPS) is 11.1. The lowest BCUT2D eigenvalue weighted by Gasteiger charge is -2.10. The molecule has 1 N–H and O–H groups in total. The van der Waals surface area contributed by atoms with Crippen molar-refractivity contribution in [3.8, 4) is 0 Å². The highest BCUT2D eigenvalue weighted by molar-refractivity contribution is 5.48. The second-order valence-corrected chi connectivity index (χ2v) is 6.13. The first-order valence-electron chi connectivity index (χ1n) is 8.79. The molecule has 0 spiro atoms. The quantitative estimate of drug-likeness (QED) is 0.744. The summed E-state index contributed by atoms with van der Waals surface area (Å²) in [5.41, 5.74) is 2.90. The highest BCUT2D eigenvalue weighted by atomic mass is 16.2. The van der Waals surface area contributed by atoms with Crippen LogP contribution < -0.4 is 11.2 Å². The van der Waals surface area contributed by atoms with Gasteiger partial charge in [0.05, 0.1) is 0 Å². The topological polar surface area (TPSA) is 54.9 Å². The van der Waals surface area contributed by atoms with Crippen molar-refractivity contribution in [3.05, 3.63) is 110 Å². The molecule has 0 saturated carbocycles. The molecule has 0 radical (unpaired) electrons. The largest absolute Gasteiger partial charge is 0.328 e. The first kappa shape index (κ1) is 17.7. The maximum Gasteiger partial charge on any atom is 0.328 e. The van der Waals surface area contributed by atoms with Crippen LogP contribution in [0.2, 0.25) is 0 Å². The van der Waals surface area contributed by atoms with Crippen molar-refractivity contribution in [2.75, 3.05) is 0 Å². The van der Waals surface area contributed by atoms with Gasteiger partial charge < -0.3 is 4.98 Å². The van der Waals surface area contributed by atoms with E-state index in [4.69, 9.17) is 0 Å². The summed E-state index contributed by atoms with van der Waals surface area (Å²) in [6.45, 7) is 2.19. The Morgan fingerprint density at radius 2 is 1.62 bits per heavy atom. The molecule has 3 rings (SSSR count). The Hall–Kier alpha value is -3.14. The molecule has 0 unspecified atom stereocenters. The summed E-state index contributed by atoms with van der Waals surface area (Å²) in [5.74, 6) is 0. The van der Waals surface area contributed by atoms with Gasteiger partial charge in [-0.15, -0.1) is 0 Å². The van der Waals surface area contributed by atoms with Crippen LogP contribution in [-0.4, -0.2) is 9.55 Å². The van der Waals surface area contributed by atoms with Gasteiger partial charge >= 0.3 is 5.69 Å². The zero-order valence-corrected chi connectivity index (χ0v) is 14.8. The average molecular weight is 346 g/mol. The van der Waals surface area contributed by atoms with Crippen molar-refractivity contribution in [1.82, 2.24) is 9.55 Å². The van der Waals surface area contributed by atoms with E-state index in [1.807, 2.05) is 79.7 Å². The molecular weight excluding hydrogens is 324 g/mol. The van der Waals surface area contributed by atoms with Crippen molar-refractivity contribution in [2.24, 2.45) is 0 Å². The Morgan fingerprint density at radius 1 is 0.962 bits per heavy atom. The molecule has 1 aromatic heterocycles. The molecule has 4 heteroatoms. The Kier molecular flexibility index (Phi) is 5.64. The molecule has 0 fully saturated rings. The van der Waals surface area contributed by atoms with Crippen molar-refractivity contribution in [2.45, 2.75) is 26.3 Å². The van der Waals surface area contributed by atoms with E-state index < -0.39 is 0 Å². The van der Waals surface area contributed by atoms with Crippen LogP contribution >= 0.6 is 0 Å². The molecule has 0 bridgehead atoms. The molecule has 0 amide bonds. The lowest BCUT2D eigenvalue weighted by molar-refractivity contribution is 0.687. The maximum absolute atomic E-state index is 12.8. The molecular formula is C22H22N2O2. The summed E-state index contributed by atoms with van der Waals surface area (Å²) in [6, 6.07) is 19.6. The molecule has 0 saturated heterocycles. The minimum absolute atomic E-state index is 0.208. The number of rotatable bonds is 6. The van der Waals surface area contributed by atoms with Gasteiger partial charge in [0.2, 0.25) is 0 Å². The number of aromatic nitrogens is 2. The molecule has 3 aromatic rings. The van der Waals surface area contributed by atoms with Gasteiger partial charge in [-0.1, -0.05) is 79.7 Å². The summed E-state index contributed by atoms with van der Waals surface area (Å²) in [4.78, 5) is 28.1. The van der Waals surface area contributed by atoms with Crippen LogP contribution in [0, 0.1) is 0 Å². The van der Waals surface area contributed by atoms with E-state index in [-0.39, 0.29) is 17.8 Å². The van der Waals surface area contributed by atoms with Gasteiger partial charge in [-0.05, 0) is 17.5 Å². The first-order chi connectivity index (χ1) is 12.7. The predicted octanol–water partition coefficient (Wildman–Crippen LogP) is 3.40. The predicted molar refractivity (Wildman–Crippen MR) is 105 cm³/mol. The molecule has 0 atom stereocenters. The number of nitrogens with one attached hydrogen (secondary N) is 1. The third-order valence-corrected chi connectivity index (χ3v) is 4.35. The van der Waals surface area contributed by atoms with Crippen LogP contribution in [0.4, 0.5) is 0 Å². The molecule has 2 aromatic carbocycles. The third kappa shape index (κ3) is 4.09.